The molecule has 0 N–H and O–H groups in total. The summed E-state index contributed by atoms with van der Waals surface area (Å²) in [7, 11) is 1.37. The van der Waals surface area contributed by atoms with Crippen molar-refractivity contribution in [2.45, 2.75) is 45.6 Å². The van der Waals surface area contributed by atoms with E-state index in [-0.39, 0.29) is 11.9 Å². The van der Waals surface area contributed by atoms with Crippen molar-refractivity contribution in [1.29, 1.82) is 0 Å². The smallest absolute Gasteiger partial charge is 0.337 e. The van der Waals surface area contributed by atoms with Crippen LogP contribution in [0.5, 0.6) is 0 Å². The highest BCUT2D eigenvalue weighted by Gasteiger charge is 2.20. The Morgan fingerprint density at radius 2 is 1.91 bits per heavy atom. The van der Waals surface area contributed by atoms with Crippen LogP contribution in [0.3, 0.4) is 0 Å². The van der Waals surface area contributed by atoms with Crippen molar-refractivity contribution in [1.82, 2.24) is 0 Å². The highest BCUT2D eigenvalue weighted by molar-refractivity contribution is 5.94. The van der Waals surface area contributed by atoms with Crippen molar-refractivity contribution < 1.29 is 19.1 Å². The summed E-state index contributed by atoms with van der Waals surface area (Å²) in [5.41, 5.74) is 3.10. The lowest BCUT2D eigenvalue weighted by Crippen LogP contribution is -2.23. The first kappa shape index (κ1) is 16.3. The number of fused-ring (bicyclic) bond motifs is 1. The molecule has 4 nitrogen and oxygen atoms in total. The Morgan fingerprint density at radius 1 is 1.18 bits per heavy atom. The summed E-state index contributed by atoms with van der Waals surface area (Å²) in [5, 5.41) is 0. The molecule has 118 valence electrons. The second-order valence-corrected chi connectivity index (χ2v) is 6.42. The fourth-order valence-corrected chi connectivity index (χ4v) is 2.59. The van der Waals surface area contributed by atoms with Crippen LogP contribution in [0.2, 0.25) is 0 Å². The molecule has 0 aliphatic heterocycles. The quantitative estimate of drug-likeness (QED) is 0.619. The van der Waals surface area contributed by atoms with Gasteiger partial charge in [-0.25, -0.2) is 9.59 Å². The monoisotopic (exact) mass is 302 g/mol. The van der Waals surface area contributed by atoms with Gasteiger partial charge in [0, 0.05) is 6.08 Å². The van der Waals surface area contributed by atoms with Crippen molar-refractivity contribution in [3.8, 4) is 0 Å². The number of ether oxygens (including phenoxy) is 2. The van der Waals surface area contributed by atoms with Crippen molar-refractivity contribution in [2.24, 2.45) is 0 Å². The van der Waals surface area contributed by atoms with Crippen molar-refractivity contribution in [3.63, 3.8) is 0 Å². The van der Waals surface area contributed by atoms with Gasteiger partial charge in [0.2, 0.25) is 0 Å². The normalized spacial score (nSPS) is 16.1. The van der Waals surface area contributed by atoms with E-state index in [1.165, 1.54) is 7.11 Å². The summed E-state index contributed by atoms with van der Waals surface area (Å²) >= 11 is 0. The number of carbonyl (C=O) groups is 2. The number of hydrogen-bond acceptors (Lipinski definition) is 4. The fraction of sp³-hybridized carbons (Fsp3) is 0.444. The van der Waals surface area contributed by atoms with E-state index in [0.717, 1.165) is 36.0 Å². The molecule has 0 fully saturated rings. The standard InChI is InChI=1S/C18H22O4/c1-18(2,3)22-16(19)11-13-7-5-6-12-10-14(17(20)21-4)8-9-15(12)13/h8-11H,5-7H2,1-4H3/b13-11-. The topological polar surface area (TPSA) is 52.6 Å². The van der Waals surface area contributed by atoms with E-state index < -0.39 is 5.60 Å². The number of methoxy groups -OCH3 is 1. The highest BCUT2D eigenvalue weighted by atomic mass is 16.6. The van der Waals surface area contributed by atoms with E-state index in [9.17, 15) is 9.59 Å². The molecule has 0 bridgehead atoms. The Bertz CT molecular complexity index is 620. The van der Waals surface area contributed by atoms with E-state index in [0.29, 0.717) is 5.56 Å². The van der Waals surface area contributed by atoms with Gasteiger partial charge in [-0.2, -0.15) is 0 Å². The molecule has 0 saturated heterocycles. The zero-order valence-corrected chi connectivity index (χ0v) is 13.6. The Labute approximate surface area is 131 Å². The molecule has 4 heteroatoms. The van der Waals surface area contributed by atoms with Crippen LogP contribution >= 0.6 is 0 Å². The summed E-state index contributed by atoms with van der Waals surface area (Å²) < 4.78 is 10.1. The fourth-order valence-electron chi connectivity index (χ4n) is 2.59. The molecule has 1 aliphatic rings. The summed E-state index contributed by atoms with van der Waals surface area (Å²) in [6, 6.07) is 5.47. The average Bonchev–Trinajstić information content (AvgIpc) is 2.44. The van der Waals surface area contributed by atoms with Crippen LogP contribution in [-0.4, -0.2) is 24.6 Å². The van der Waals surface area contributed by atoms with Crippen LogP contribution in [0, 0.1) is 0 Å². The SMILES string of the molecule is COC(=O)c1ccc2c(c1)CCC/C2=C/C(=O)OC(C)(C)C. The van der Waals surface area contributed by atoms with Crippen molar-refractivity contribution in [2.75, 3.05) is 7.11 Å². The van der Waals surface area contributed by atoms with Crippen LogP contribution in [0.1, 0.15) is 55.1 Å². The number of hydrogen-bond donors (Lipinski definition) is 0. The van der Waals surface area contributed by atoms with Gasteiger partial charge in [0.05, 0.1) is 12.7 Å². The maximum Gasteiger partial charge on any atom is 0.337 e. The molecule has 0 radical (unpaired) electrons. The third kappa shape index (κ3) is 3.97. The third-order valence-corrected chi connectivity index (χ3v) is 3.46. The summed E-state index contributed by atoms with van der Waals surface area (Å²) in [6.45, 7) is 5.54. The molecule has 0 amide bonds. The van der Waals surface area contributed by atoms with Crippen LogP contribution < -0.4 is 0 Å². The molecule has 0 atom stereocenters. The summed E-state index contributed by atoms with van der Waals surface area (Å²) in [5.74, 6) is -0.668. The minimum absolute atomic E-state index is 0.326. The van der Waals surface area contributed by atoms with Gasteiger partial charge in [0.15, 0.2) is 0 Å². The predicted molar refractivity (Wildman–Crippen MR) is 84.5 cm³/mol. The van der Waals surface area contributed by atoms with Gasteiger partial charge in [-0.05, 0) is 68.9 Å². The molecule has 0 unspecified atom stereocenters. The van der Waals surface area contributed by atoms with Gasteiger partial charge in [0.1, 0.15) is 5.60 Å². The van der Waals surface area contributed by atoms with Gasteiger partial charge in [-0.1, -0.05) is 6.07 Å². The first-order chi connectivity index (χ1) is 10.3. The summed E-state index contributed by atoms with van der Waals surface area (Å²) in [6.07, 6.45) is 4.25. The number of rotatable bonds is 2. The molecule has 1 aromatic rings. The molecule has 1 aliphatic carbocycles. The zero-order valence-electron chi connectivity index (χ0n) is 13.6. The summed E-state index contributed by atoms with van der Waals surface area (Å²) in [4.78, 5) is 23.6. The van der Waals surface area contributed by atoms with Crippen LogP contribution in [0.15, 0.2) is 24.3 Å². The number of carbonyl (C=O) groups excluding carboxylic acids is 2. The molecule has 0 saturated carbocycles. The van der Waals surface area contributed by atoms with Gasteiger partial charge < -0.3 is 9.47 Å². The molecule has 1 aromatic carbocycles. The molecule has 0 heterocycles. The Kier molecular flexibility index (Phi) is 4.69. The second-order valence-electron chi connectivity index (χ2n) is 6.42. The molecular formula is C18H22O4. The van der Waals surface area contributed by atoms with Crippen LogP contribution in [-0.2, 0) is 20.7 Å². The van der Waals surface area contributed by atoms with E-state index in [1.54, 1.807) is 12.1 Å². The minimum atomic E-state index is -0.500. The first-order valence-electron chi connectivity index (χ1n) is 7.45. The largest absolute Gasteiger partial charge is 0.465 e. The number of benzene rings is 1. The molecule has 0 aromatic heterocycles. The van der Waals surface area contributed by atoms with E-state index in [2.05, 4.69) is 0 Å². The molecule has 2 rings (SSSR count). The molecule has 22 heavy (non-hydrogen) atoms. The molecule has 0 spiro atoms. The number of allylic oxidation sites excluding steroid dienone is 1. The molecular weight excluding hydrogens is 280 g/mol. The van der Waals surface area contributed by atoms with Gasteiger partial charge in [-0.3, -0.25) is 0 Å². The first-order valence-corrected chi connectivity index (χ1v) is 7.45. The Morgan fingerprint density at radius 3 is 2.55 bits per heavy atom. The van der Waals surface area contributed by atoms with E-state index in [1.807, 2.05) is 32.9 Å². The maximum absolute atomic E-state index is 12.0. The lowest BCUT2D eigenvalue weighted by molar-refractivity contribution is -0.148. The van der Waals surface area contributed by atoms with Crippen molar-refractivity contribution >= 4 is 17.5 Å². The van der Waals surface area contributed by atoms with Crippen molar-refractivity contribution in [3.05, 3.63) is 41.0 Å². The maximum atomic E-state index is 12.0. The number of esters is 2. The zero-order chi connectivity index (χ0) is 16.3. The van der Waals surface area contributed by atoms with Gasteiger partial charge in [0.25, 0.3) is 0 Å². The minimum Gasteiger partial charge on any atom is -0.465 e. The lowest BCUT2D eigenvalue weighted by atomic mass is 9.86. The third-order valence-electron chi connectivity index (χ3n) is 3.46. The highest BCUT2D eigenvalue weighted by Crippen LogP contribution is 2.31. The van der Waals surface area contributed by atoms with E-state index in [4.69, 9.17) is 9.47 Å². The Hall–Kier alpha value is -2.10. The predicted octanol–water partition coefficient (Wildman–Crippen LogP) is 3.53. The Balaban J connectivity index is 2.29. The van der Waals surface area contributed by atoms with Gasteiger partial charge >= 0.3 is 11.9 Å². The van der Waals surface area contributed by atoms with E-state index >= 15 is 0 Å². The van der Waals surface area contributed by atoms with Gasteiger partial charge in [-0.15, -0.1) is 0 Å². The lowest BCUT2D eigenvalue weighted by Gasteiger charge is -2.21. The van der Waals surface area contributed by atoms with Crippen LogP contribution in [0.25, 0.3) is 5.57 Å². The average molecular weight is 302 g/mol. The van der Waals surface area contributed by atoms with Crippen LogP contribution in [0.4, 0.5) is 0 Å². The second kappa shape index (κ2) is 6.34. The number of aryl methyl sites for hydroxylation is 1.